The van der Waals surface area contributed by atoms with Crippen LogP contribution in [0, 0.1) is 0 Å². The first-order valence-electron chi connectivity index (χ1n) is 5.06. The fourth-order valence-corrected chi connectivity index (χ4v) is 1.58. The lowest BCUT2D eigenvalue weighted by Crippen LogP contribution is -2.39. The molecule has 1 aromatic heterocycles. The molecular weight excluding hydrogens is 226 g/mol. The van der Waals surface area contributed by atoms with Crippen molar-refractivity contribution in [3.8, 4) is 0 Å². The summed E-state index contributed by atoms with van der Waals surface area (Å²) in [7, 11) is 3.92. The molecule has 0 saturated carbocycles. The maximum Gasteiger partial charge on any atom is 0.270 e. The Hall–Kier alpha value is -1.13. The molecule has 4 nitrogen and oxygen atoms in total. The summed E-state index contributed by atoms with van der Waals surface area (Å²) in [5, 5.41) is 3.37. The zero-order chi connectivity index (χ0) is 12.1. The summed E-state index contributed by atoms with van der Waals surface area (Å²) in [4.78, 5) is 17.7. The van der Waals surface area contributed by atoms with Gasteiger partial charge in [0.1, 0.15) is 5.69 Å². The maximum atomic E-state index is 11.7. The monoisotopic (exact) mass is 241 g/mol. The summed E-state index contributed by atoms with van der Waals surface area (Å²) in [5.74, 6) is -0.197. The minimum absolute atomic E-state index is 0.0725. The zero-order valence-electron chi connectivity index (χ0n) is 9.70. The van der Waals surface area contributed by atoms with Crippen LogP contribution in [0.2, 0.25) is 5.02 Å². The van der Waals surface area contributed by atoms with Gasteiger partial charge < -0.3 is 10.2 Å². The smallest absolute Gasteiger partial charge is 0.270 e. The highest BCUT2D eigenvalue weighted by atomic mass is 35.5. The van der Waals surface area contributed by atoms with E-state index >= 15 is 0 Å². The number of pyridine rings is 1. The van der Waals surface area contributed by atoms with Crippen LogP contribution in [0.5, 0.6) is 0 Å². The van der Waals surface area contributed by atoms with Gasteiger partial charge in [-0.25, -0.2) is 0 Å². The standard InChI is InChI=1S/C11H16ClN3O/c1-8(7-15(2)3)14-11(16)10-6-9(12)4-5-13-10/h4-6,8H,7H2,1-3H3,(H,14,16). The molecule has 0 bridgehead atoms. The summed E-state index contributed by atoms with van der Waals surface area (Å²) in [6, 6.07) is 3.27. The van der Waals surface area contributed by atoms with Gasteiger partial charge in [0, 0.05) is 23.8 Å². The summed E-state index contributed by atoms with van der Waals surface area (Å²) in [6.07, 6.45) is 1.52. The Morgan fingerprint density at radius 3 is 2.88 bits per heavy atom. The van der Waals surface area contributed by atoms with Crippen molar-refractivity contribution in [2.24, 2.45) is 0 Å². The molecule has 0 aromatic carbocycles. The van der Waals surface area contributed by atoms with Gasteiger partial charge in [-0.2, -0.15) is 0 Å². The molecule has 5 heteroatoms. The van der Waals surface area contributed by atoms with Crippen LogP contribution in [0.3, 0.4) is 0 Å². The van der Waals surface area contributed by atoms with E-state index in [2.05, 4.69) is 10.3 Å². The van der Waals surface area contributed by atoms with E-state index in [0.717, 1.165) is 6.54 Å². The number of likely N-dealkylation sites (N-methyl/N-ethyl adjacent to an activating group) is 1. The molecule has 1 heterocycles. The average molecular weight is 242 g/mol. The summed E-state index contributed by atoms with van der Waals surface area (Å²) in [5.41, 5.74) is 0.345. The number of amides is 1. The van der Waals surface area contributed by atoms with Crippen molar-refractivity contribution in [2.45, 2.75) is 13.0 Å². The number of nitrogens with zero attached hydrogens (tertiary/aromatic N) is 2. The molecule has 0 radical (unpaired) electrons. The number of rotatable bonds is 4. The highest BCUT2D eigenvalue weighted by Gasteiger charge is 2.11. The minimum Gasteiger partial charge on any atom is -0.347 e. The van der Waals surface area contributed by atoms with Crippen molar-refractivity contribution >= 4 is 17.5 Å². The van der Waals surface area contributed by atoms with E-state index in [4.69, 9.17) is 11.6 Å². The molecule has 1 N–H and O–H groups in total. The van der Waals surface area contributed by atoms with E-state index in [1.165, 1.54) is 6.20 Å². The van der Waals surface area contributed by atoms with Crippen molar-refractivity contribution in [3.63, 3.8) is 0 Å². The van der Waals surface area contributed by atoms with Gasteiger partial charge in [-0.1, -0.05) is 11.6 Å². The van der Waals surface area contributed by atoms with E-state index < -0.39 is 0 Å². The van der Waals surface area contributed by atoms with E-state index in [1.807, 2.05) is 25.9 Å². The van der Waals surface area contributed by atoms with Gasteiger partial charge in [0.2, 0.25) is 0 Å². The van der Waals surface area contributed by atoms with Gasteiger partial charge >= 0.3 is 0 Å². The number of carbonyl (C=O) groups excluding carboxylic acids is 1. The Labute approximate surface area is 101 Å². The first-order valence-corrected chi connectivity index (χ1v) is 5.44. The molecule has 0 aliphatic carbocycles. The Morgan fingerprint density at radius 2 is 2.31 bits per heavy atom. The number of aromatic nitrogens is 1. The molecule has 0 aliphatic heterocycles. The number of carbonyl (C=O) groups is 1. The zero-order valence-corrected chi connectivity index (χ0v) is 10.5. The van der Waals surface area contributed by atoms with Crippen molar-refractivity contribution in [3.05, 3.63) is 29.0 Å². The number of halogens is 1. The van der Waals surface area contributed by atoms with Crippen LogP contribution in [0.4, 0.5) is 0 Å². The minimum atomic E-state index is -0.197. The van der Waals surface area contributed by atoms with Crippen molar-refractivity contribution in [1.29, 1.82) is 0 Å². The van der Waals surface area contributed by atoms with Gasteiger partial charge in [0.25, 0.3) is 5.91 Å². The molecular formula is C11H16ClN3O. The van der Waals surface area contributed by atoms with E-state index in [-0.39, 0.29) is 11.9 Å². The van der Waals surface area contributed by atoms with Crippen LogP contribution in [-0.4, -0.2) is 42.5 Å². The third-order valence-corrected chi connectivity index (χ3v) is 2.21. The maximum absolute atomic E-state index is 11.7. The van der Waals surface area contributed by atoms with Gasteiger partial charge in [-0.05, 0) is 33.2 Å². The molecule has 16 heavy (non-hydrogen) atoms. The lowest BCUT2D eigenvalue weighted by molar-refractivity contribution is 0.0929. The predicted octanol–water partition coefficient (Wildman–Crippen LogP) is 1.41. The van der Waals surface area contributed by atoms with Crippen LogP contribution in [0.1, 0.15) is 17.4 Å². The van der Waals surface area contributed by atoms with Crippen molar-refractivity contribution in [1.82, 2.24) is 15.2 Å². The normalized spacial score (nSPS) is 12.6. The SMILES string of the molecule is CC(CN(C)C)NC(=O)c1cc(Cl)ccn1. The van der Waals surface area contributed by atoms with Crippen LogP contribution in [-0.2, 0) is 0 Å². The van der Waals surface area contributed by atoms with E-state index in [9.17, 15) is 4.79 Å². The molecule has 1 amide bonds. The predicted molar refractivity (Wildman–Crippen MR) is 64.7 cm³/mol. The molecule has 1 aromatic rings. The van der Waals surface area contributed by atoms with Gasteiger partial charge in [0.05, 0.1) is 0 Å². The molecule has 0 aliphatic rings. The van der Waals surface area contributed by atoms with Gasteiger partial charge in [-0.15, -0.1) is 0 Å². The first-order chi connectivity index (χ1) is 7.49. The summed E-state index contributed by atoms with van der Waals surface area (Å²) < 4.78 is 0. The van der Waals surface area contributed by atoms with E-state index in [1.54, 1.807) is 12.1 Å². The Bertz CT molecular complexity index is 368. The molecule has 1 unspecified atom stereocenters. The lowest BCUT2D eigenvalue weighted by Gasteiger charge is -2.17. The van der Waals surface area contributed by atoms with Crippen LogP contribution in [0.25, 0.3) is 0 Å². The third-order valence-electron chi connectivity index (χ3n) is 1.97. The highest BCUT2D eigenvalue weighted by molar-refractivity contribution is 6.30. The average Bonchev–Trinajstić information content (AvgIpc) is 2.16. The van der Waals surface area contributed by atoms with Gasteiger partial charge in [-0.3, -0.25) is 9.78 Å². The second kappa shape index (κ2) is 5.82. The number of nitrogens with one attached hydrogen (secondary N) is 1. The molecule has 1 rings (SSSR count). The summed E-state index contributed by atoms with van der Waals surface area (Å²) in [6.45, 7) is 2.73. The quantitative estimate of drug-likeness (QED) is 0.867. The second-order valence-electron chi connectivity index (χ2n) is 4.00. The topological polar surface area (TPSA) is 45.2 Å². The Balaban J connectivity index is 2.59. The molecule has 88 valence electrons. The first kappa shape index (κ1) is 12.9. The molecule has 0 saturated heterocycles. The third kappa shape index (κ3) is 4.16. The van der Waals surface area contributed by atoms with Crippen molar-refractivity contribution < 1.29 is 4.79 Å². The summed E-state index contributed by atoms with van der Waals surface area (Å²) >= 11 is 5.78. The number of hydrogen-bond donors (Lipinski definition) is 1. The molecule has 1 atom stereocenters. The lowest BCUT2D eigenvalue weighted by atomic mass is 10.3. The highest BCUT2D eigenvalue weighted by Crippen LogP contribution is 2.07. The second-order valence-corrected chi connectivity index (χ2v) is 4.43. The fraction of sp³-hybridized carbons (Fsp3) is 0.455. The molecule has 0 fully saturated rings. The number of hydrogen-bond acceptors (Lipinski definition) is 3. The van der Waals surface area contributed by atoms with Crippen LogP contribution >= 0.6 is 11.6 Å². The molecule has 0 spiro atoms. The van der Waals surface area contributed by atoms with Gasteiger partial charge in [0.15, 0.2) is 0 Å². The fourth-order valence-electron chi connectivity index (χ4n) is 1.42. The van der Waals surface area contributed by atoms with Crippen molar-refractivity contribution in [2.75, 3.05) is 20.6 Å². The Morgan fingerprint density at radius 1 is 1.62 bits per heavy atom. The Kier molecular flexibility index (Phi) is 4.71. The van der Waals surface area contributed by atoms with Crippen LogP contribution in [0.15, 0.2) is 18.3 Å². The largest absolute Gasteiger partial charge is 0.347 e. The van der Waals surface area contributed by atoms with E-state index in [0.29, 0.717) is 10.7 Å². The van der Waals surface area contributed by atoms with Crippen LogP contribution < -0.4 is 5.32 Å².